The predicted octanol–water partition coefficient (Wildman–Crippen LogP) is 5.37. The van der Waals surface area contributed by atoms with Gasteiger partial charge in [0.05, 0.1) is 29.5 Å². The Labute approximate surface area is 189 Å². The highest BCUT2D eigenvalue weighted by molar-refractivity contribution is 7.98. The molecule has 1 aromatic heterocycles. The van der Waals surface area contributed by atoms with E-state index in [0.29, 0.717) is 22.7 Å². The third kappa shape index (κ3) is 4.48. The first kappa shape index (κ1) is 21.5. The zero-order valence-corrected chi connectivity index (χ0v) is 19.4. The van der Waals surface area contributed by atoms with E-state index in [0.717, 1.165) is 39.0 Å². The summed E-state index contributed by atoms with van der Waals surface area (Å²) in [5, 5.41) is 2.01. The summed E-state index contributed by atoms with van der Waals surface area (Å²) in [5.74, 6) is 1.97. The van der Waals surface area contributed by atoms with E-state index in [2.05, 4.69) is 15.8 Å². The van der Waals surface area contributed by atoms with Gasteiger partial charge in [-0.05, 0) is 54.3 Å². The van der Waals surface area contributed by atoms with E-state index in [9.17, 15) is 4.79 Å². The number of carbonyl (C=O) groups excluding carboxylic acids is 1. The van der Waals surface area contributed by atoms with Crippen molar-refractivity contribution in [1.29, 1.82) is 0 Å². The van der Waals surface area contributed by atoms with E-state index in [4.69, 9.17) is 9.47 Å². The van der Waals surface area contributed by atoms with Crippen LogP contribution in [0.3, 0.4) is 0 Å². The molecule has 0 spiro atoms. The third-order valence-corrected chi connectivity index (χ3v) is 6.61. The van der Waals surface area contributed by atoms with Gasteiger partial charge in [-0.25, -0.2) is 0 Å². The van der Waals surface area contributed by atoms with E-state index >= 15 is 0 Å². The number of nitrogens with zero attached hydrogens (tertiary/aromatic N) is 2. The molecular weight excluding hydrogens is 428 g/mol. The van der Waals surface area contributed by atoms with Gasteiger partial charge in [0.25, 0.3) is 5.91 Å². The molecule has 160 valence electrons. The minimum Gasteiger partial charge on any atom is -0.496 e. The number of hydrogen-bond acceptors (Lipinski definition) is 5. The van der Waals surface area contributed by atoms with Gasteiger partial charge in [0.15, 0.2) is 4.80 Å². The third-order valence-electron chi connectivity index (χ3n) is 4.98. The average molecular weight is 453 g/mol. The Morgan fingerprint density at radius 3 is 2.61 bits per heavy atom. The van der Waals surface area contributed by atoms with Crippen molar-refractivity contribution in [3.05, 3.63) is 65.0 Å². The molecule has 1 amide bonds. The minimum absolute atomic E-state index is 0.308. The molecule has 4 rings (SSSR count). The van der Waals surface area contributed by atoms with Gasteiger partial charge in [0.1, 0.15) is 11.5 Å². The van der Waals surface area contributed by atoms with Gasteiger partial charge >= 0.3 is 0 Å². The topological polar surface area (TPSA) is 52.8 Å². The summed E-state index contributed by atoms with van der Waals surface area (Å²) >= 11 is 3.26. The van der Waals surface area contributed by atoms with Crippen molar-refractivity contribution in [2.75, 3.05) is 25.7 Å². The zero-order chi connectivity index (χ0) is 21.8. The number of thiazole rings is 1. The second-order valence-corrected chi connectivity index (χ2v) is 8.90. The second-order valence-electron chi connectivity index (χ2n) is 6.91. The van der Waals surface area contributed by atoms with Crippen LogP contribution in [0.4, 0.5) is 0 Å². The summed E-state index contributed by atoms with van der Waals surface area (Å²) in [7, 11) is 1.58. The SMILES string of the molecule is CCOc1ccc2c(c1)sc(=NC(=O)c1cc3ccccc3cc1OC)n2CCSC. The maximum absolute atomic E-state index is 13.2. The summed E-state index contributed by atoms with van der Waals surface area (Å²) in [6.07, 6.45) is 2.07. The molecule has 0 saturated heterocycles. The molecule has 0 atom stereocenters. The number of aryl methyl sites for hydroxylation is 1. The summed E-state index contributed by atoms with van der Waals surface area (Å²) in [6, 6.07) is 17.7. The molecule has 7 heteroatoms. The van der Waals surface area contributed by atoms with Gasteiger partial charge in [-0.2, -0.15) is 16.8 Å². The lowest BCUT2D eigenvalue weighted by atomic mass is 10.1. The molecule has 0 fully saturated rings. The van der Waals surface area contributed by atoms with E-state index < -0.39 is 0 Å². The van der Waals surface area contributed by atoms with Crippen LogP contribution in [-0.4, -0.2) is 36.2 Å². The summed E-state index contributed by atoms with van der Waals surface area (Å²) < 4.78 is 14.3. The molecule has 0 aliphatic rings. The van der Waals surface area contributed by atoms with Gasteiger partial charge in [-0.3, -0.25) is 4.79 Å². The number of hydrogen-bond donors (Lipinski definition) is 0. The molecule has 4 aromatic rings. The Hall–Kier alpha value is -2.77. The first-order valence-electron chi connectivity index (χ1n) is 10.1. The van der Waals surface area contributed by atoms with Crippen LogP contribution in [0.1, 0.15) is 17.3 Å². The van der Waals surface area contributed by atoms with Crippen molar-refractivity contribution < 1.29 is 14.3 Å². The smallest absolute Gasteiger partial charge is 0.283 e. The van der Waals surface area contributed by atoms with Crippen molar-refractivity contribution in [2.24, 2.45) is 4.99 Å². The fourth-order valence-electron chi connectivity index (χ4n) is 3.50. The van der Waals surface area contributed by atoms with E-state index in [1.54, 1.807) is 18.9 Å². The van der Waals surface area contributed by atoms with Gasteiger partial charge in [0.2, 0.25) is 0 Å². The lowest BCUT2D eigenvalue weighted by Gasteiger charge is -2.08. The van der Waals surface area contributed by atoms with Gasteiger partial charge < -0.3 is 14.0 Å². The maximum atomic E-state index is 13.2. The van der Waals surface area contributed by atoms with Crippen LogP contribution in [0, 0.1) is 0 Å². The van der Waals surface area contributed by atoms with E-state index in [-0.39, 0.29) is 5.91 Å². The number of thioether (sulfide) groups is 1. The molecule has 0 aliphatic carbocycles. The van der Waals surface area contributed by atoms with Crippen molar-refractivity contribution in [3.63, 3.8) is 0 Å². The molecule has 1 heterocycles. The molecule has 0 radical (unpaired) electrons. The number of aromatic nitrogens is 1. The van der Waals surface area contributed by atoms with Crippen LogP contribution in [-0.2, 0) is 6.54 Å². The fourth-order valence-corrected chi connectivity index (χ4v) is 4.94. The van der Waals surface area contributed by atoms with Crippen LogP contribution in [0.15, 0.2) is 59.6 Å². The quantitative estimate of drug-likeness (QED) is 0.378. The van der Waals surface area contributed by atoms with Crippen LogP contribution in [0.5, 0.6) is 11.5 Å². The number of benzene rings is 3. The Kier molecular flexibility index (Phi) is 6.63. The minimum atomic E-state index is -0.308. The van der Waals surface area contributed by atoms with Gasteiger partial charge in [0, 0.05) is 12.3 Å². The van der Waals surface area contributed by atoms with Crippen molar-refractivity contribution in [2.45, 2.75) is 13.5 Å². The van der Waals surface area contributed by atoms with Crippen molar-refractivity contribution in [1.82, 2.24) is 4.57 Å². The zero-order valence-electron chi connectivity index (χ0n) is 17.8. The summed E-state index contributed by atoms with van der Waals surface area (Å²) in [4.78, 5) is 18.4. The molecule has 5 nitrogen and oxygen atoms in total. The predicted molar refractivity (Wildman–Crippen MR) is 130 cm³/mol. The first-order valence-corrected chi connectivity index (χ1v) is 12.3. The van der Waals surface area contributed by atoms with Crippen molar-refractivity contribution in [3.8, 4) is 11.5 Å². The number of ether oxygens (including phenoxy) is 2. The normalized spacial score (nSPS) is 11.9. The number of amides is 1. The van der Waals surface area contributed by atoms with Crippen LogP contribution >= 0.6 is 23.1 Å². The van der Waals surface area contributed by atoms with Crippen LogP contribution in [0.2, 0.25) is 0 Å². The largest absolute Gasteiger partial charge is 0.496 e. The van der Waals surface area contributed by atoms with Crippen LogP contribution in [0.25, 0.3) is 21.0 Å². The molecule has 0 saturated carbocycles. The van der Waals surface area contributed by atoms with Crippen molar-refractivity contribution >= 4 is 50.0 Å². The summed E-state index contributed by atoms with van der Waals surface area (Å²) in [5.41, 5.74) is 1.52. The Balaban J connectivity index is 1.84. The van der Waals surface area contributed by atoms with E-state index in [1.807, 2.05) is 61.5 Å². The summed E-state index contributed by atoms with van der Waals surface area (Å²) in [6.45, 7) is 3.35. The Bertz CT molecular complexity index is 1310. The lowest BCUT2D eigenvalue weighted by molar-refractivity contribution is 0.0995. The number of fused-ring (bicyclic) bond motifs is 2. The molecule has 3 aromatic carbocycles. The average Bonchev–Trinajstić information content (AvgIpc) is 3.12. The maximum Gasteiger partial charge on any atom is 0.283 e. The molecule has 0 N–H and O–H groups in total. The highest BCUT2D eigenvalue weighted by Gasteiger charge is 2.15. The van der Waals surface area contributed by atoms with Gasteiger partial charge in [-0.15, -0.1) is 0 Å². The van der Waals surface area contributed by atoms with E-state index in [1.165, 1.54) is 11.3 Å². The second kappa shape index (κ2) is 9.58. The highest BCUT2D eigenvalue weighted by atomic mass is 32.2. The monoisotopic (exact) mass is 452 g/mol. The number of rotatable bonds is 7. The molecule has 0 bridgehead atoms. The number of methoxy groups -OCH3 is 1. The Morgan fingerprint density at radius 1 is 1.13 bits per heavy atom. The fraction of sp³-hybridized carbons (Fsp3) is 0.250. The lowest BCUT2D eigenvalue weighted by Crippen LogP contribution is -2.18. The number of carbonyl (C=O) groups is 1. The molecule has 0 aliphatic heterocycles. The molecular formula is C24H24N2O3S2. The standard InChI is InChI=1S/C24H24N2O3S2/c1-4-29-18-9-10-20-22(15-18)31-24(26(20)11-12-30-3)25-23(27)19-13-16-7-5-6-8-17(16)14-21(19)28-2/h5-10,13-15H,4,11-12H2,1-3H3. The Morgan fingerprint density at radius 2 is 1.90 bits per heavy atom. The first-order chi connectivity index (χ1) is 15.1. The van der Waals surface area contributed by atoms with Gasteiger partial charge in [-0.1, -0.05) is 35.6 Å². The molecule has 0 unspecified atom stereocenters. The van der Waals surface area contributed by atoms with Crippen LogP contribution < -0.4 is 14.3 Å². The molecule has 31 heavy (non-hydrogen) atoms. The highest BCUT2D eigenvalue weighted by Crippen LogP contribution is 2.27.